The highest BCUT2D eigenvalue weighted by molar-refractivity contribution is 5.75. The second kappa shape index (κ2) is 4.36. The zero-order chi connectivity index (χ0) is 6.41. The minimum absolute atomic E-state index is 0.271. The highest BCUT2D eigenvalue weighted by Gasteiger charge is 1.93. The molecule has 0 radical (unpaired) electrons. The summed E-state index contributed by atoms with van der Waals surface area (Å²) in [6.07, 6.45) is 0.950. The Hall–Kier alpha value is -0.800. The average molecular weight is 118 g/mol. The molecule has 0 aromatic heterocycles. The lowest BCUT2D eigenvalue weighted by Crippen LogP contribution is -1.87. The number of nitrogens with zero attached hydrogens (tertiary/aromatic N) is 2. The zero-order valence-corrected chi connectivity index (χ0v) is 4.59. The standard InChI is InChI=1S/C4H7FN2O/c1-2-3-4(8)6-7-5/h2-3H2,1H3. The molecule has 0 aliphatic heterocycles. The van der Waals surface area contributed by atoms with Crippen LogP contribution in [0.1, 0.15) is 19.8 Å². The van der Waals surface area contributed by atoms with Gasteiger partial charge in [-0.15, -0.1) is 0 Å². The van der Waals surface area contributed by atoms with Crippen molar-refractivity contribution < 1.29 is 9.28 Å². The Balaban J connectivity index is 3.33. The van der Waals surface area contributed by atoms with Crippen molar-refractivity contribution in [2.24, 2.45) is 10.5 Å². The van der Waals surface area contributed by atoms with Gasteiger partial charge in [-0.3, -0.25) is 4.79 Å². The van der Waals surface area contributed by atoms with E-state index in [1.54, 1.807) is 0 Å². The number of amides is 1. The van der Waals surface area contributed by atoms with Gasteiger partial charge in [0.1, 0.15) is 0 Å². The van der Waals surface area contributed by atoms with E-state index in [1.165, 1.54) is 0 Å². The summed E-state index contributed by atoms with van der Waals surface area (Å²) in [6, 6.07) is 0. The van der Waals surface area contributed by atoms with Crippen LogP contribution in [0.2, 0.25) is 0 Å². The molecule has 0 aromatic carbocycles. The monoisotopic (exact) mass is 118 g/mol. The van der Waals surface area contributed by atoms with Crippen LogP contribution in [0.25, 0.3) is 0 Å². The summed E-state index contributed by atoms with van der Waals surface area (Å²) in [6.45, 7) is 1.81. The maximum Gasteiger partial charge on any atom is 0.267 e. The normalized spacial score (nSPS) is 10.2. The number of carbonyl (C=O) groups is 1. The van der Waals surface area contributed by atoms with Gasteiger partial charge in [0.15, 0.2) is 0 Å². The predicted molar refractivity (Wildman–Crippen MR) is 25.9 cm³/mol. The first-order valence-electron chi connectivity index (χ1n) is 2.36. The molecule has 0 saturated heterocycles. The largest absolute Gasteiger partial charge is 0.271 e. The lowest BCUT2D eigenvalue weighted by Gasteiger charge is -1.81. The van der Waals surface area contributed by atoms with Crippen molar-refractivity contribution >= 4 is 5.91 Å². The van der Waals surface area contributed by atoms with Gasteiger partial charge in [0, 0.05) is 11.8 Å². The molecule has 0 bridgehead atoms. The Morgan fingerprint density at radius 2 is 2.38 bits per heavy atom. The van der Waals surface area contributed by atoms with Crippen LogP contribution in [-0.4, -0.2) is 5.91 Å². The average Bonchev–Trinajstić information content (AvgIpc) is 1.68. The molecule has 4 heteroatoms. The molecule has 3 nitrogen and oxygen atoms in total. The van der Waals surface area contributed by atoms with Crippen LogP contribution in [0.15, 0.2) is 10.5 Å². The first kappa shape index (κ1) is 7.20. The molecule has 0 atom stereocenters. The first-order valence-corrected chi connectivity index (χ1v) is 2.36. The fraction of sp³-hybridized carbons (Fsp3) is 0.750. The van der Waals surface area contributed by atoms with Gasteiger partial charge in [0.05, 0.1) is 0 Å². The van der Waals surface area contributed by atoms with Crippen molar-refractivity contribution in [3.8, 4) is 0 Å². The van der Waals surface area contributed by atoms with E-state index in [0.29, 0.717) is 6.42 Å². The lowest BCUT2D eigenvalue weighted by molar-refractivity contribution is -0.118. The highest BCUT2D eigenvalue weighted by atomic mass is 19.2. The van der Waals surface area contributed by atoms with Gasteiger partial charge >= 0.3 is 0 Å². The molecule has 8 heavy (non-hydrogen) atoms. The van der Waals surface area contributed by atoms with E-state index in [-0.39, 0.29) is 6.42 Å². The predicted octanol–water partition coefficient (Wildman–Crippen LogP) is 1.65. The molecule has 0 N–H and O–H groups in total. The number of hydrogen-bond donors (Lipinski definition) is 0. The molecule has 0 rings (SSSR count). The molecular weight excluding hydrogens is 111 g/mol. The summed E-state index contributed by atoms with van der Waals surface area (Å²) in [5.74, 6) is -0.505. The van der Waals surface area contributed by atoms with E-state index < -0.39 is 5.91 Å². The van der Waals surface area contributed by atoms with Crippen LogP contribution in [0, 0.1) is 0 Å². The third-order valence-electron chi connectivity index (χ3n) is 0.613. The van der Waals surface area contributed by atoms with E-state index in [2.05, 4.69) is 5.11 Å². The topological polar surface area (TPSA) is 41.8 Å². The SMILES string of the molecule is CCCC(=O)N=NF. The minimum Gasteiger partial charge on any atom is -0.271 e. The Morgan fingerprint density at radius 1 is 1.75 bits per heavy atom. The summed E-state index contributed by atoms with van der Waals surface area (Å²) in [5, 5.41) is 4.46. The first-order chi connectivity index (χ1) is 3.81. The highest BCUT2D eigenvalue weighted by Crippen LogP contribution is 1.90. The number of halogens is 1. The number of rotatable bonds is 2. The molecule has 0 fully saturated rings. The van der Waals surface area contributed by atoms with Crippen molar-refractivity contribution in [2.45, 2.75) is 19.8 Å². The van der Waals surface area contributed by atoms with E-state index in [1.807, 2.05) is 12.3 Å². The Kier molecular flexibility index (Phi) is 3.93. The van der Waals surface area contributed by atoms with Crippen LogP contribution in [0.5, 0.6) is 0 Å². The summed E-state index contributed by atoms with van der Waals surface area (Å²) in [5.41, 5.74) is 0. The van der Waals surface area contributed by atoms with Gasteiger partial charge in [-0.1, -0.05) is 16.5 Å². The van der Waals surface area contributed by atoms with E-state index in [9.17, 15) is 9.28 Å². The van der Waals surface area contributed by atoms with Gasteiger partial charge in [-0.05, 0) is 6.42 Å². The molecule has 0 spiro atoms. The molecule has 0 aliphatic rings. The van der Waals surface area contributed by atoms with Crippen molar-refractivity contribution in [3.63, 3.8) is 0 Å². The molecule has 1 amide bonds. The Bertz CT molecular complexity index is 102. The summed E-state index contributed by atoms with van der Waals surface area (Å²) < 4.78 is 10.8. The van der Waals surface area contributed by atoms with Crippen molar-refractivity contribution in [2.75, 3.05) is 0 Å². The second-order valence-electron chi connectivity index (χ2n) is 1.32. The zero-order valence-electron chi connectivity index (χ0n) is 4.59. The molecule has 0 aliphatic carbocycles. The smallest absolute Gasteiger partial charge is 0.267 e. The lowest BCUT2D eigenvalue weighted by atomic mass is 10.3. The molecular formula is C4H7FN2O. The van der Waals surface area contributed by atoms with E-state index >= 15 is 0 Å². The molecule has 0 unspecified atom stereocenters. The summed E-state index contributed by atoms with van der Waals surface area (Å²) >= 11 is 0. The van der Waals surface area contributed by atoms with E-state index in [0.717, 1.165) is 0 Å². The van der Waals surface area contributed by atoms with Crippen LogP contribution < -0.4 is 0 Å². The van der Waals surface area contributed by atoms with Crippen LogP contribution in [0.3, 0.4) is 0 Å². The maximum atomic E-state index is 10.8. The van der Waals surface area contributed by atoms with Gasteiger partial charge < -0.3 is 0 Å². The van der Waals surface area contributed by atoms with Gasteiger partial charge in [-0.2, -0.15) is 0 Å². The molecule has 0 heterocycles. The van der Waals surface area contributed by atoms with E-state index in [4.69, 9.17) is 0 Å². The van der Waals surface area contributed by atoms with Crippen LogP contribution in [0.4, 0.5) is 4.48 Å². The summed E-state index contributed by atoms with van der Waals surface area (Å²) in [4.78, 5) is 10.1. The van der Waals surface area contributed by atoms with Crippen LogP contribution >= 0.6 is 0 Å². The van der Waals surface area contributed by atoms with Gasteiger partial charge in [-0.25, -0.2) is 0 Å². The third-order valence-corrected chi connectivity index (χ3v) is 0.613. The fourth-order valence-corrected chi connectivity index (χ4v) is 0.306. The van der Waals surface area contributed by atoms with Gasteiger partial charge in [0.25, 0.3) is 5.91 Å². The van der Waals surface area contributed by atoms with Crippen molar-refractivity contribution in [3.05, 3.63) is 0 Å². The summed E-state index contributed by atoms with van der Waals surface area (Å²) in [7, 11) is 0. The van der Waals surface area contributed by atoms with Crippen molar-refractivity contribution in [1.82, 2.24) is 0 Å². The van der Waals surface area contributed by atoms with Crippen LogP contribution in [-0.2, 0) is 4.79 Å². The third kappa shape index (κ3) is 3.39. The van der Waals surface area contributed by atoms with Gasteiger partial charge in [0.2, 0.25) is 0 Å². The number of carbonyl (C=O) groups excluding carboxylic acids is 1. The quantitative estimate of drug-likeness (QED) is 0.508. The van der Waals surface area contributed by atoms with Crippen molar-refractivity contribution in [1.29, 1.82) is 0 Å². The Morgan fingerprint density at radius 3 is 2.75 bits per heavy atom. The fourth-order valence-electron chi connectivity index (χ4n) is 0.306. The molecule has 0 saturated carbocycles. The minimum atomic E-state index is -0.505. The molecule has 46 valence electrons. The maximum absolute atomic E-state index is 10.8. The number of hydrogen-bond acceptors (Lipinski definition) is 2. The molecule has 0 aromatic rings. The Labute approximate surface area is 46.5 Å². The second-order valence-corrected chi connectivity index (χ2v) is 1.32.